The van der Waals surface area contributed by atoms with Gasteiger partial charge in [-0.1, -0.05) is 15.9 Å². The zero-order chi connectivity index (χ0) is 12.5. The molecule has 1 aliphatic heterocycles. The summed E-state index contributed by atoms with van der Waals surface area (Å²) in [6, 6.07) is 5.78. The molecule has 92 valence electrons. The zero-order valence-corrected chi connectivity index (χ0v) is 12.1. The Labute approximate surface area is 116 Å². The number of rotatable bonds is 4. The number of hydrogen-bond donors (Lipinski definition) is 3. The van der Waals surface area contributed by atoms with Crippen molar-refractivity contribution in [3.63, 3.8) is 0 Å². The van der Waals surface area contributed by atoms with E-state index in [0.717, 1.165) is 14.6 Å². The second kappa shape index (κ2) is 4.96. The van der Waals surface area contributed by atoms with Crippen LogP contribution in [0.15, 0.2) is 27.1 Å². The number of nitrogens with one attached hydrogen (secondary N) is 2. The van der Waals surface area contributed by atoms with Gasteiger partial charge in [0, 0.05) is 27.7 Å². The Morgan fingerprint density at radius 1 is 1.47 bits per heavy atom. The van der Waals surface area contributed by atoms with Gasteiger partial charge in [-0.3, -0.25) is 4.79 Å². The van der Waals surface area contributed by atoms with Crippen LogP contribution in [0.5, 0.6) is 0 Å². The van der Waals surface area contributed by atoms with E-state index in [4.69, 9.17) is 5.11 Å². The second-order valence-corrected chi connectivity index (χ2v) is 5.97. The summed E-state index contributed by atoms with van der Waals surface area (Å²) >= 11 is 6.84. The summed E-state index contributed by atoms with van der Waals surface area (Å²) in [7, 11) is 0. The summed E-state index contributed by atoms with van der Waals surface area (Å²) in [6.45, 7) is 1.34. The minimum Gasteiger partial charge on any atom is -0.481 e. The van der Waals surface area contributed by atoms with E-state index in [-0.39, 0.29) is 12.0 Å². The third kappa shape index (κ3) is 3.00. The van der Waals surface area contributed by atoms with Gasteiger partial charge in [-0.2, -0.15) is 0 Å². The normalized spacial score (nSPS) is 17.3. The standard InChI is InChI=1S/C11H12Br2N2O2/c12-7-1-2-9(8(13)3-7)15-11(4-10(16)17)5-14-6-11/h1-3,14-15H,4-6H2,(H,16,17). The first-order valence-electron chi connectivity index (χ1n) is 5.17. The number of carboxylic acids is 1. The molecule has 0 aliphatic carbocycles. The topological polar surface area (TPSA) is 61.4 Å². The van der Waals surface area contributed by atoms with E-state index >= 15 is 0 Å². The Bertz CT molecular complexity index is 447. The maximum absolute atomic E-state index is 10.8. The van der Waals surface area contributed by atoms with E-state index in [9.17, 15) is 4.79 Å². The molecule has 2 rings (SSSR count). The molecule has 0 radical (unpaired) electrons. The minimum absolute atomic E-state index is 0.114. The van der Waals surface area contributed by atoms with Crippen LogP contribution >= 0.6 is 31.9 Å². The van der Waals surface area contributed by atoms with Crippen LogP contribution < -0.4 is 10.6 Å². The first kappa shape index (κ1) is 12.9. The van der Waals surface area contributed by atoms with Gasteiger partial charge < -0.3 is 15.7 Å². The van der Waals surface area contributed by atoms with E-state index in [1.807, 2.05) is 18.2 Å². The molecule has 0 unspecified atom stereocenters. The number of anilines is 1. The average molecular weight is 364 g/mol. The highest BCUT2D eigenvalue weighted by Gasteiger charge is 2.39. The van der Waals surface area contributed by atoms with Crippen molar-refractivity contribution in [1.82, 2.24) is 5.32 Å². The van der Waals surface area contributed by atoms with Gasteiger partial charge in [0.1, 0.15) is 0 Å². The van der Waals surface area contributed by atoms with Gasteiger partial charge in [-0.25, -0.2) is 0 Å². The van der Waals surface area contributed by atoms with Crippen molar-refractivity contribution in [1.29, 1.82) is 0 Å². The van der Waals surface area contributed by atoms with Gasteiger partial charge in [0.15, 0.2) is 0 Å². The van der Waals surface area contributed by atoms with Gasteiger partial charge in [-0.15, -0.1) is 0 Å². The maximum atomic E-state index is 10.8. The summed E-state index contributed by atoms with van der Waals surface area (Å²) in [6.07, 6.45) is 0.114. The molecule has 0 amide bonds. The smallest absolute Gasteiger partial charge is 0.305 e. The lowest BCUT2D eigenvalue weighted by atomic mass is 9.88. The van der Waals surface area contributed by atoms with E-state index in [0.29, 0.717) is 13.1 Å². The molecule has 0 saturated carbocycles. The molecule has 0 spiro atoms. The maximum Gasteiger partial charge on any atom is 0.305 e. The van der Waals surface area contributed by atoms with Crippen molar-refractivity contribution in [2.45, 2.75) is 12.0 Å². The molecule has 0 atom stereocenters. The van der Waals surface area contributed by atoms with Crippen LogP contribution in [-0.4, -0.2) is 29.7 Å². The molecule has 1 aliphatic rings. The van der Waals surface area contributed by atoms with Gasteiger partial charge in [-0.05, 0) is 34.1 Å². The molecule has 6 heteroatoms. The van der Waals surface area contributed by atoms with Crippen LogP contribution in [0.2, 0.25) is 0 Å². The van der Waals surface area contributed by atoms with Crippen molar-refractivity contribution in [2.24, 2.45) is 0 Å². The first-order chi connectivity index (χ1) is 8.01. The molecular weight excluding hydrogens is 352 g/mol. The van der Waals surface area contributed by atoms with Gasteiger partial charge >= 0.3 is 5.97 Å². The lowest BCUT2D eigenvalue weighted by Crippen LogP contribution is -2.65. The third-order valence-electron chi connectivity index (χ3n) is 2.75. The summed E-state index contributed by atoms with van der Waals surface area (Å²) in [5, 5.41) is 15.3. The minimum atomic E-state index is -0.785. The highest BCUT2D eigenvalue weighted by molar-refractivity contribution is 9.11. The summed E-state index contributed by atoms with van der Waals surface area (Å²) < 4.78 is 1.90. The number of hydrogen-bond acceptors (Lipinski definition) is 3. The van der Waals surface area contributed by atoms with Gasteiger partial charge in [0.05, 0.1) is 12.0 Å². The Kier molecular flexibility index (Phi) is 3.75. The van der Waals surface area contributed by atoms with Crippen molar-refractivity contribution >= 4 is 43.5 Å². The highest BCUT2D eigenvalue weighted by Crippen LogP contribution is 2.30. The molecule has 1 aromatic carbocycles. The van der Waals surface area contributed by atoms with Crippen molar-refractivity contribution in [3.05, 3.63) is 27.1 Å². The number of carbonyl (C=O) groups is 1. The van der Waals surface area contributed by atoms with Gasteiger partial charge in [0.25, 0.3) is 0 Å². The Morgan fingerprint density at radius 2 is 2.18 bits per heavy atom. The SMILES string of the molecule is O=C(O)CC1(Nc2ccc(Br)cc2Br)CNC1. The molecule has 1 heterocycles. The van der Waals surface area contributed by atoms with Crippen molar-refractivity contribution < 1.29 is 9.90 Å². The number of benzene rings is 1. The molecule has 0 bridgehead atoms. The van der Waals surface area contributed by atoms with E-state index in [1.54, 1.807) is 0 Å². The Balaban J connectivity index is 2.15. The van der Waals surface area contributed by atoms with E-state index < -0.39 is 5.97 Å². The van der Waals surface area contributed by atoms with Crippen LogP contribution in [0.3, 0.4) is 0 Å². The first-order valence-corrected chi connectivity index (χ1v) is 6.75. The quantitative estimate of drug-likeness (QED) is 0.768. The lowest BCUT2D eigenvalue weighted by Gasteiger charge is -2.43. The molecule has 17 heavy (non-hydrogen) atoms. The lowest BCUT2D eigenvalue weighted by molar-refractivity contribution is -0.138. The van der Waals surface area contributed by atoms with E-state index in [2.05, 4.69) is 42.5 Å². The second-order valence-electron chi connectivity index (χ2n) is 4.20. The Hall–Kier alpha value is -0.590. The number of aliphatic carboxylic acids is 1. The highest BCUT2D eigenvalue weighted by atomic mass is 79.9. The number of halogens is 2. The van der Waals surface area contributed by atoms with Gasteiger partial charge in [0.2, 0.25) is 0 Å². The zero-order valence-electron chi connectivity index (χ0n) is 8.96. The molecular formula is C11H12Br2N2O2. The van der Waals surface area contributed by atoms with Crippen molar-refractivity contribution in [2.75, 3.05) is 18.4 Å². The molecule has 0 aromatic heterocycles. The fraction of sp³-hybridized carbons (Fsp3) is 0.364. The molecule has 1 aromatic rings. The fourth-order valence-corrected chi connectivity index (χ4v) is 3.00. The molecule has 4 nitrogen and oxygen atoms in total. The molecule has 1 saturated heterocycles. The van der Waals surface area contributed by atoms with Crippen LogP contribution in [0.4, 0.5) is 5.69 Å². The Morgan fingerprint density at radius 3 is 2.65 bits per heavy atom. The fourth-order valence-electron chi connectivity index (χ4n) is 1.85. The predicted octanol–water partition coefficient (Wildman–Crippen LogP) is 2.44. The summed E-state index contributed by atoms with van der Waals surface area (Å²) in [5.41, 5.74) is 0.540. The van der Waals surface area contributed by atoms with Crippen LogP contribution in [0, 0.1) is 0 Å². The predicted molar refractivity (Wildman–Crippen MR) is 73.3 cm³/mol. The van der Waals surface area contributed by atoms with Crippen molar-refractivity contribution in [3.8, 4) is 0 Å². The average Bonchev–Trinajstić information content (AvgIpc) is 2.18. The molecule has 1 fully saturated rings. The summed E-state index contributed by atoms with van der Waals surface area (Å²) in [5.74, 6) is -0.785. The monoisotopic (exact) mass is 362 g/mol. The number of carboxylic acid groups (broad SMARTS) is 1. The van der Waals surface area contributed by atoms with E-state index in [1.165, 1.54) is 0 Å². The summed E-state index contributed by atoms with van der Waals surface area (Å²) in [4.78, 5) is 10.8. The largest absolute Gasteiger partial charge is 0.481 e. The third-order valence-corrected chi connectivity index (χ3v) is 3.90. The molecule has 3 N–H and O–H groups in total. The van der Waals surface area contributed by atoms with Crippen LogP contribution in [0.1, 0.15) is 6.42 Å². The van der Waals surface area contributed by atoms with Crippen LogP contribution in [-0.2, 0) is 4.79 Å². The van der Waals surface area contributed by atoms with Crippen LogP contribution in [0.25, 0.3) is 0 Å².